The minimum Gasteiger partial charge on any atom is -0.495 e. The van der Waals surface area contributed by atoms with Gasteiger partial charge in [0, 0.05) is 12.1 Å². The van der Waals surface area contributed by atoms with E-state index in [4.69, 9.17) is 9.84 Å². The van der Waals surface area contributed by atoms with Crippen molar-refractivity contribution in [3.63, 3.8) is 0 Å². The zero-order chi connectivity index (χ0) is 27.1. The lowest BCUT2D eigenvalue weighted by molar-refractivity contribution is -0.116. The number of nitrogens with zero attached hydrogens (tertiary/aromatic N) is 3. The maximum atomic E-state index is 13.4. The molecule has 0 aliphatic carbocycles. The van der Waals surface area contributed by atoms with Gasteiger partial charge in [-0.15, -0.1) is 0 Å². The molecule has 0 bridgehead atoms. The molecule has 0 saturated heterocycles. The molecule has 3 amide bonds. The standard InChI is InChI=1S/C30H33N5O3/c1-5-19-34(30(37)31-25-13-9-10-14-26(25)38-4)20-27(36)32-29-28(23-11-7-6-8-12-23)22(3)33-35(29)24-17-15-21(2)16-18-24/h6-18H,5,19-20H2,1-4H3,(H,31,37)(H,32,36). The van der Waals surface area contributed by atoms with Crippen molar-refractivity contribution in [3.8, 4) is 22.6 Å². The summed E-state index contributed by atoms with van der Waals surface area (Å²) in [7, 11) is 1.55. The predicted molar refractivity (Wildman–Crippen MR) is 151 cm³/mol. The van der Waals surface area contributed by atoms with E-state index < -0.39 is 0 Å². The van der Waals surface area contributed by atoms with E-state index in [1.807, 2.05) is 87.5 Å². The molecule has 0 unspecified atom stereocenters. The number of urea groups is 1. The molecule has 0 aliphatic heterocycles. The van der Waals surface area contributed by atoms with Gasteiger partial charge < -0.3 is 20.3 Å². The lowest BCUT2D eigenvalue weighted by atomic mass is 10.1. The van der Waals surface area contributed by atoms with Crippen molar-refractivity contribution in [2.45, 2.75) is 27.2 Å². The number of hydrogen-bond donors (Lipinski definition) is 2. The fraction of sp³-hybridized carbons (Fsp3) is 0.233. The van der Waals surface area contributed by atoms with Crippen LogP contribution in [-0.2, 0) is 4.79 Å². The zero-order valence-electron chi connectivity index (χ0n) is 22.2. The molecule has 8 heteroatoms. The largest absolute Gasteiger partial charge is 0.495 e. The van der Waals surface area contributed by atoms with Crippen LogP contribution < -0.4 is 15.4 Å². The summed E-state index contributed by atoms with van der Waals surface area (Å²) in [5.41, 5.74) is 5.06. The molecule has 0 atom stereocenters. The number of anilines is 2. The summed E-state index contributed by atoms with van der Waals surface area (Å²) < 4.78 is 7.09. The Bertz CT molecular complexity index is 1400. The van der Waals surface area contributed by atoms with Gasteiger partial charge in [0.1, 0.15) is 18.1 Å². The van der Waals surface area contributed by atoms with Crippen molar-refractivity contribution in [2.75, 3.05) is 30.8 Å². The fourth-order valence-corrected chi connectivity index (χ4v) is 4.28. The number of aryl methyl sites for hydroxylation is 2. The maximum absolute atomic E-state index is 13.4. The number of hydrogen-bond acceptors (Lipinski definition) is 4. The number of ether oxygens (including phenoxy) is 1. The Morgan fingerprint density at radius 2 is 1.61 bits per heavy atom. The maximum Gasteiger partial charge on any atom is 0.322 e. The second kappa shape index (κ2) is 12.1. The molecule has 0 spiro atoms. The summed E-state index contributed by atoms with van der Waals surface area (Å²) in [6, 6.07) is 24.6. The van der Waals surface area contributed by atoms with Gasteiger partial charge in [-0.25, -0.2) is 9.48 Å². The van der Waals surface area contributed by atoms with Crippen LogP contribution in [0.4, 0.5) is 16.3 Å². The molecule has 0 fully saturated rings. The molecule has 4 aromatic rings. The van der Waals surface area contributed by atoms with E-state index in [1.54, 1.807) is 23.9 Å². The van der Waals surface area contributed by atoms with Crippen LogP contribution in [0.15, 0.2) is 78.9 Å². The predicted octanol–water partition coefficient (Wildman–Crippen LogP) is 6.05. The summed E-state index contributed by atoms with van der Waals surface area (Å²) in [4.78, 5) is 28.0. The first-order valence-corrected chi connectivity index (χ1v) is 12.6. The van der Waals surface area contributed by atoms with Gasteiger partial charge in [-0.2, -0.15) is 5.10 Å². The Kier molecular flexibility index (Phi) is 8.43. The number of carbonyl (C=O) groups excluding carboxylic acids is 2. The SMILES string of the molecule is CCCN(CC(=O)Nc1c(-c2ccccc2)c(C)nn1-c1ccc(C)cc1)C(=O)Nc1ccccc1OC. The van der Waals surface area contributed by atoms with Crippen molar-refractivity contribution in [3.05, 3.63) is 90.1 Å². The fourth-order valence-electron chi connectivity index (χ4n) is 4.28. The second-order valence-electron chi connectivity index (χ2n) is 9.02. The first-order chi connectivity index (χ1) is 18.4. The third-order valence-electron chi connectivity index (χ3n) is 6.12. The number of methoxy groups -OCH3 is 1. The van der Waals surface area contributed by atoms with Crippen molar-refractivity contribution >= 4 is 23.4 Å². The number of rotatable bonds is 9. The molecule has 4 rings (SSSR count). The molecule has 3 aromatic carbocycles. The lowest BCUT2D eigenvalue weighted by Crippen LogP contribution is -2.41. The van der Waals surface area contributed by atoms with E-state index >= 15 is 0 Å². The van der Waals surface area contributed by atoms with Crippen LogP contribution in [0.2, 0.25) is 0 Å². The average molecular weight is 512 g/mol. The van der Waals surface area contributed by atoms with Crippen LogP contribution in [0.1, 0.15) is 24.6 Å². The van der Waals surface area contributed by atoms with Crippen LogP contribution >= 0.6 is 0 Å². The lowest BCUT2D eigenvalue weighted by Gasteiger charge is -2.23. The van der Waals surface area contributed by atoms with Crippen LogP contribution in [0.3, 0.4) is 0 Å². The van der Waals surface area contributed by atoms with Gasteiger partial charge in [0.15, 0.2) is 0 Å². The average Bonchev–Trinajstić information content (AvgIpc) is 3.24. The molecule has 8 nitrogen and oxygen atoms in total. The van der Waals surface area contributed by atoms with E-state index in [9.17, 15) is 9.59 Å². The molecule has 196 valence electrons. The molecule has 2 N–H and O–H groups in total. The minimum absolute atomic E-state index is 0.124. The minimum atomic E-state index is -0.377. The van der Waals surface area contributed by atoms with Crippen LogP contribution in [0, 0.1) is 13.8 Å². The highest BCUT2D eigenvalue weighted by molar-refractivity contribution is 5.99. The third-order valence-corrected chi connectivity index (χ3v) is 6.12. The first-order valence-electron chi connectivity index (χ1n) is 12.6. The first kappa shape index (κ1) is 26.5. The third kappa shape index (κ3) is 6.03. The van der Waals surface area contributed by atoms with Crippen LogP contribution in [-0.4, -0.2) is 46.8 Å². The number of para-hydroxylation sites is 2. The molecule has 38 heavy (non-hydrogen) atoms. The smallest absolute Gasteiger partial charge is 0.322 e. The Labute approximate surface area is 223 Å². The quantitative estimate of drug-likeness (QED) is 0.286. The highest BCUT2D eigenvalue weighted by Crippen LogP contribution is 2.33. The number of aromatic nitrogens is 2. The van der Waals surface area contributed by atoms with E-state index in [0.717, 1.165) is 28.1 Å². The molecule has 1 heterocycles. The van der Waals surface area contributed by atoms with E-state index in [0.29, 0.717) is 30.2 Å². The van der Waals surface area contributed by atoms with Crippen LogP contribution in [0.5, 0.6) is 5.75 Å². The number of carbonyl (C=O) groups is 2. The highest BCUT2D eigenvalue weighted by Gasteiger charge is 2.23. The molecule has 0 aliphatic rings. The summed E-state index contributed by atoms with van der Waals surface area (Å²) in [5.74, 6) is 0.787. The van der Waals surface area contributed by atoms with Gasteiger partial charge in [0.25, 0.3) is 0 Å². The molecule has 1 aromatic heterocycles. The Hall–Kier alpha value is -4.59. The monoisotopic (exact) mass is 511 g/mol. The van der Waals surface area contributed by atoms with Gasteiger partial charge in [-0.05, 0) is 50.1 Å². The number of amides is 3. The molecule has 0 radical (unpaired) electrons. The molecular weight excluding hydrogens is 478 g/mol. The summed E-state index contributed by atoms with van der Waals surface area (Å²) >= 11 is 0. The van der Waals surface area contributed by atoms with Crippen molar-refractivity contribution in [2.24, 2.45) is 0 Å². The summed E-state index contributed by atoms with van der Waals surface area (Å²) in [6.07, 6.45) is 0.697. The van der Waals surface area contributed by atoms with Gasteiger partial charge >= 0.3 is 6.03 Å². The van der Waals surface area contributed by atoms with E-state index in [2.05, 4.69) is 10.6 Å². The summed E-state index contributed by atoms with van der Waals surface area (Å²) in [6.45, 7) is 6.20. The van der Waals surface area contributed by atoms with Gasteiger partial charge in [-0.1, -0.05) is 67.1 Å². The van der Waals surface area contributed by atoms with Crippen molar-refractivity contribution in [1.29, 1.82) is 0 Å². The van der Waals surface area contributed by atoms with E-state index in [1.165, 1.54) is 4.90 Å². The zero-order valence-corrected chi connectivity index (χ0v) is 22.2. The van der Waals surface area contributed by atoms with E-state index in [-0.39, 0.29) is 18.5 Å². The van der Waals surface area contributed by atoms with Gasteiger partial charge in [0.2, 0.25) is 5.91 Å². The topological polar surface area (TPSA) is 88.5 Å². The van der Waals surface area contributed by atoms with Gasteiger partial charge in [-0.3, -0.25) is 4.79 Å². The Balaban J connectivity index is 1.62. The Morgan fingerprint density at radius 1 is 0.921 bits per heavy atom. The number of nitrogens with one attached hydrogen (secondary N) is 2. The highest BCUT2D eigenvalue weighted by atomic mass is 16.5. The summed E-state index contributed by atoms with van der Waals surface area (Å²) in [5, 5.41) is 10.7. The van der Waals surface area contributed by atoms with Crippen molar-refractivity contribution < 1.29 is 14.3 Å². The molecular formula is C30H33N5O3. The normalized spacial score (nSPS) is 10.6. The number of benzene rings is 3. The van der Waals surface area contributed by atoms with Gasteiger partial charge in [0.05, 0.1) is 24.2 Å². The van der Waals surface area contributed by atoms with Crippen molar-refractivity contribution in [1.82, 2.24) is 14.7 Å². The van der Waals surface area contributed by atoms with Crippen LogP contribution in [0.25, 0.3) is 16.8 Å². The second-order valence-corrected chi connectivity index (χ2v) is 9.02. The Morgan fingerprint density at radius 3 is 2.29 bits per heavy atom. The molecule has 0 saturated carbocycles.